The Morgan fingerprint density at radius 2 is 1.75 bits per heavy atom. The first-order valence-corrected chi connectivity index (χ1v) is 5.06. The summed E-state index contributed by atoms with van der Waals surface area (Å²) in [7, 11) is 6.10. The number of quaternary nitrogens is 1. The fourth-order valence-electron chi connectivity index (χ4n) is 2.16. The van der Waals surface area contributed by atoms with Crippen LogP contribution in [0.15, 0.2) is 0 Å². The molecule has 1 fully saturated rings. The highest BCUT2D eigenvalue weighted by Crippen LogP contribution is 2.26. The molecule has 0 amide bonds. The highest BCUT2D eigenvalue weighted by molar-refractivity contribution is 4.72. The summed E-state index contributed by atoms with van der Waals surface area (Å²) in [4.78, 5) is 1.34. The molecule has 1 aliphatic rings. The molecule has 0 bridgehead atoms. The van der Waals surface area contributed by atoms with E-state index in [2.05, 4.69) is 14.1 Å². The maximum Gasteiger partial charge on any atom is 0.0556 e. The third-order valence-corrected chi connectivity index (χ3v) is 2.94. The molecule has 2 nitrogen and oxygen atoms in total. The van der Waals surface area contributed by atoms with Crippen molar-refractivity contribution in [3.63, 3.8) is 0 Å². The largest absolute Gasteiger partial charge is 0.470 e. The third kappa shape index (κ3) is 3.11. The summed E-state index contributed by atoms with van der Waals surface area (Å²) >= 11 is 0. The van der Waals surface area contributed by atoms with Crippen molar-refractivity contribution in [1.29, 1.82) is 0 Å². The molecule has 0 aromatic rings. The van der Waals surface area contributed by atoms with E-state index >= 15 is 0 Å². The molecule has 0 saturated heterocycles. The van der Waals surface area contributed by atoms with E-state index in [1.807, 2.05) is 0 Å². The van der Waals surface area contributed by atoms with Crippen molar-refractivity contribution < 1.29 is 4.90 Å². The summed E-state index contributed by atoms with van der Waals surface area (Å²) in [6, 6.07) is 0. The third-order valence-electron chi connectivity index (χ3n) is 2.94. The van der Waals surface area contributed by atoms with Gasteiger partial charge in [-0.1, -0.05) is 0 Å². The van der Waals surface area contributed by atoms with Crippen molar-refractivity contribution in [2.75, 3.05) is 20.1 Å². The van der Waals surface area contributed by atoms with Crippen LogP contribution >= 0.6 is 0 Å². The molecule has 0 aliphatic heterocycles. The normalized spacial score (nSPS) is 33.2. The smallest absolute Gasteiger partial charge is 0.0556 e. The van der Waals surface area contributed by atoms with Gasteiger partial charge in [0.05, 0.1) is 6.54 Å². The molecule has 1 saturated carbocycles. The first-order valence-electron chi connectivity index (χ1n) is 5.06. The van der Waals surface area contributed by atoms with Crippen LogP contribution in [0.5, 0.6) is 0 Å². The molecule has 1 rings (SSSR count). The monoisotopic (exact) mass is 170 g/mol. The summed E-state index contributed by atoms with van der Waals surface area (Å²) in [5.41, 5.74) is 5.63. The van der Waals surface area contributed by atoms with Crippen LogP contribution in [0.1, 0.15) is 25.7 Å². The van der Waals surface area contributed by atoms with Crippen molar-refractivity contribution in [2.24, 2.45) is 17.6 Å². The van der Waals surface area contributed by atoms with Gasteiger partial charge < -0.3 is 10.6 Å². The van der Waals surface area contributed by atoms with Crippen molar-refractivity contribution in [3.8, 4) is 0 Å². The van der Waals surface area contributed by atoms with E-state index < -0.39 is 0 Å². The lowest BCUT2D eigenvalue weighted by atomic mass is 9.82. The van der Waals surface area contributed by atoms with Crippen LogP contribution in [0.25, 0.3) is 0 Å². The number of nitrogens with one attached hydrogen (secondary N) is 1. The van der Waals surface area contributed by atoms with Crippen molar-refractivity contribution in [3.05, 3.63) is 7.05 Å². The van der Waals surface area contributed by atoms with Crippen molar-refractivity contribution >= 4 is 0 Å². The van der Waals surface area contributed by atoms with Crippen LogP contribution < -0.4 is 10.6 Å². The Hall–Kier alpha value is -0.0800. The van der Waals surface area contributed by atoms with Crippen LogP contribution in [0.3, 0.4) is 0 Å². The van der Waals surface area contributed by atoms with E-state index in [0.717, 1.165) is 18.4 Å². The van der Waals surface area contributed by atoms with Gasteiger partial charge in [0, 0.05) is 13.0 Å². The SMILES string of the molecule is [CH2-][NH+](C)CC1CCC(CN)CC1. The standard InChI is InChI=1S/C10H22N2/c1-12(2)8-10-5-3-9(7-11)4-6-10/h9-10,12H,1,3-8,11H2,2H3. The quantitative estimate of drug-likeness (QED) is 0.576. The zero-order valence-electron chi connectivity index (χ0n) is 8.18. The van der Waals surface area contributed by atoms with Crippen LogP contribution in [-0.2, 0) is 0 Å². The Balaban J connectivity index is 2.17. The second kappa shape index (κ2) is 4.83. The van der Waals surface area contributed by atoms with Crippen molar-refractivity contribution in [1.82, 2.24) is 0 Å². The first kappa shape index (κ1) is 10.0. The molecule has 0 aromatic heterocycles. The molecule has 0 aromatic carbocycles. The van der Waals surface area contributed by atoms with Gasteiger partial charge in [-0.3, -0.25) is 0 Å². The van der Waals surface area contributed by atoms with E-state index in [1.54, 1.807) is 0 Å². The van der Waals surface area contributed by atoms with Crippen LogP contribution in [0, 0.1) is 18.9 Å². The van der Waals surface area contributed by atoms with Crippen LogP contribution in [0.4, 0.5) is 0 Å². The molecule has 3 N–H and O–H groups in total. The van der Waals surface area contributed by atoms with E-state index in [9.17, 15) is 0 Å². The van der Waals surface area contributed by atoms with Gasteiger partial charge in [0.15, 0.2) is 0 Å². The second-order valence-electron chi connectivity index (χ2n) is 4.28. The van der Waals surface area contributed by atoms with E-state index in [4.69, 9.17) is 5.73 Å². The fourth-order valence-corrected chi connectivity index (χ4v) is 2.16. The number of hydrogen-bond acceptors (Lipinski definition) is 1. The summed E-state index contributed by atoms with van der Waals surface area (Å²) in [5.74, 6) is 1.72. The minimum absolute atomic E-state index is 0.811. The highest BCUT2D eigenvalue weighted by atomic mass is 15.1. The van der Waals surface area contributed by atoms with Gasteiger partial charge in [0.2, 0.25) is 0 Å². The van der Waals surface area contributed by atoms with Crippen LogP contribution in [-0.4, -0.2) is 20.1 Å². The van der Waals surface area contributed by atoms with Gasteiger partial charge in [0.1, 0.15) is 0 Å². The second-order valence-corrected chi connectivity index (χ2v) is 4.28. The average Bonchev–Trinajstić information content (AvgIpc) is 2.05. The van der Waals surface area contributed by atoms with Crippen LogP contribution in [0.2, 0.25) is 0 Å². The fraction of sp³-hybridized carbons (Fsp3) is 0.900. The Morgan fingerprint density at radius 1 is 1.25 bits per heavy atom. The first-order chi connectivity index (χ1) is 5.72. The van der Waals surface area contributed by atoms with E-state index in [0.29, 0.717) is 0 Å². The molecular formula is C10H22N2. The number of hydrogen-bond donors (Lipinski definition) is 2. The summed E-state index contributed by atoms with van der Waals surface area (Å²) in [5, 5.41) is 0. The topological polar surface area (TPSA) is 30.5 Å². The summed E-state index contributed by atoms with van der Waals surface area (Å²) in [6.07, 6.45) is 5.42. The molecule has 1 unspecified atom stereocenters. The molecule has 1 aliphatic carbocycles. The lowest BCUT2D eigenvalue weighted by Crippen LogP contribution is -3.04. The highest BCUT2D eigenvalue weighted by Gasteiger charge is 2.20. The zero-order valence-corrected chi connectivity index (χ0v) is 8.18. The zero-order chi connectivity index (χ0) is 8.97. The number of nitrogens with two attached hydrogens (primary N) is 1. The Kier molecular flexibility index (Phi) is 4.02. The molecule has 0 heterocycles. The van der Waals surface area contributed by atoms with Gasteiger partial charge in [0.25, 0.3) is 0 Å². The maximum absolute atomic E-state index is 5.63. The van der Waals surface area contributed by atoms with Gasteiger partial charge in [-0.05, 0) is 38.1 Å². The molecule has 0 spiro atoms. The van der Waals surface area contributed by atoms with Gasteiger partial charge in [-0.25, -0.2) is 0 Å². The molecule has 1 atom stereocenters. The lowest BCUT2D eigenvalue weighted by molar-refractivity contribution is -0.836. The van der Waals surface area contributed by atoms with Gasteiger partial charge in [-0.2, -0.15) is 7.05 Å². The molecule has 0 radical (unpaired) electrons. The minimum atomic E-state index is 0.811. The predicted octanol–water partition coefficient (Wildman–Crippen LogP) is 0.0578. The Morgan fingerprint density at radius 3 is 2.17 bits per heavy atom. The Labute approximate surface area is 76.1 Å². The Bertz CT molecular complexity index is 115. The summed E-state index contributed by atoms with van der Waals surface area (Å²) < 4.78 is 0. The molecule has 2 heteroatoms. The molecule has 12 heavy (non-hydrogen) atoms. The molecular weight excluding hydrogens is 148 g/mol. The maximum atomic E-state index is 5.63. The van der Waals surface area contributed by atoms with E-state index in [-0.39, 0.29) is 0 Å². The minimum Gasteiger partial charge on any atom is -0.470 e. The summed E-state index contributed by atoms with van der Waals surface area (Å²) in [6.45, 7) is 2.12. The van der Waals surface area contributed by atoms with Crippen molar-refractivity contribution in [2.45, 2.75) is 25.7 Å². The van der Waals surface area contributed by atoms with E-state index in [1.165, 1.54) is 37.1 Å². The lowest BCUT2D eigenvalue weighted by Gasteiger charge is -2.29. The van der Waals surface area contributed by atoms with Gasteiger partial charge >= 0.3 is 0 Å². The number of rotatable bonds is 3. The predicted molar refractivity (Wildman–Crippen MR) is 51.6 cm³/mol. The van der Waals surface area contributed by atoms with Gasteiger partial charge in [-0.15, -0.1) is 0 Å². The molecule has 72 valence electrons. The average molecular weight is 170 g/mol.